The van der Waals surface area contributed by atoms with E-state index in [1.54, 1.807) is 30.3 Å². The molecule has 2 amide bonds. The first-order valence-electron chi connectivity index (χ1n) is 10.4. The molecule has 0 aliphatic carbocycles. The molecule has 0 aliphatic rings. The molecular weight excluding hydrogens is 494 g/mol. The number of hydrogen-bond donors (Lipinski definition) is 1. The third kappa shape index (κ3) is 7.73. The Labute approximate surface area is 208 Å². The number of carbonyl (C=O) groups is 2. The largest absolute Gasteiger partial charge is 0.482 e. The van der Waals surface area contributed by atoms with E-state index in [1.165, 1.54) is 11.0 Å². The molecule has 0 saturated carbocycles. The summed E-state index contributed by atoms with van der Waals surface area (Å²) >= 11 is 24.4. The Bertz CT molecular complexity index is 939. The van der Waals surface area contributed by atoms with Gasteiger partial charge in [0.05, 0.1) is 5.02 Å². The second kappa shape index (κ2) is 13.1. The molecule has 2 aromatic carbocycles. The van der Waals surface area contributed by atoms with Gasteiger partial charge in [0, 0.05) is 28.2 Å². The van der Waals surface area contributed by atoms with Crippen molar-refractivity contribution >= 4 is 58.2 Å². The van der Waals surface area contributed by atoms with E-state index in [4.69, 9.17) is 51.1 Å². The van der Waals surface area contributed by atoms with Crippen molar-refractivity contribution in [3.05, 3.63) is 62.1 Å². The average Bonchev–Trinajstić information content (AvgIpc) is 2.74. The van der Waals surface area contributed by atoms with Gasteiger partial charge in [-0.2, -0.15) is 0 Å². The van der Waals surface area contributed by atoms with Crippen LogP contribution in [0.5, 0.6) is 5.75 Å². The number of benzene rings is 2. The van der Waals surface area contributed by atoms with Crippen molar-refractivity contribution in [1.82, 2.24) is 10.2 Å². The molecule has 0 unspecified atom stereocenters. The number of halogens is 4. The van der Waals surface area contributed by atoms with Gasteiger partial charge in [-0.3, -0.25) is 9.59 Å². The number of nitrogens with zero attached hydrogens (tertiary/aromatic N) is 1. The highest BCUT2D eigenvalue weighted by atomic mass is 35.5. The van der Waals surface area contributed by atoms with Crippen LogP contribution in [0.3, 0.4) is 0 Å². The quantitative estimate of drug-likeness (QED) is 0.349. The Kier molecular flexibility index (Phi) is 10.9. The summed E-state index contributed by atoms with van der Waals surface area (Å²) in [7, 11) is 0. The van der Waals surface area contributed by atoms with Gasteiger partial charge in [-0.25, -0.2) is 0 Å². The molecule has 1 N–H and O–H groups in total. The number of amides is 2. The van der Waals surface area contributed by atoms with Crippen LogP contribution in [0.2, 0.25) is 20.1 Å². The lowest BCUT2D eigenvalue weighted by Gasteiger charge is -2.31. The van der Waals surface area contributed by atoms with Crippen molar-refractivity contribution in [1.29, 1.82) is 0 Å². The normalized spacial score (nSPS) is 11.7. The Morgan fingerprint density at radius 1 is 1.00 bits per heavy atom. The van der Waals surface area contributed by atoms with Crippen LogP contribution in [0.4, 0.5) is 0 Å². The molecule has 0 aromatic heterocycles. The first kappa shape index (κ1) is 26.6. The van der Waals surface area contributed by atoms with Gasteiger partial charge in [0.2, 0.25) is 5.91 Å². The van der Waals surface area contributed by atoms with E-state index in [0.29, 0.717) is 44.4 Å². The highest BCUT2D eigenvalue weighted by molar-refractivity contribution is 6.35. The van der Waals surface area contributed by atoms with Crippen LogP contribution in [0.25, 0.3) is 0 Å². The molecule has 2 rings (SSSR count). The lowest BCUT2D eigenvalue weighted by atomic mass is 10.1. The zero-order chi connectivity index (χ0) is 23.7. The zero-order valence-electron chi connectivity index (χ0n) is 18.0. The molecule has 0 heterocycles. The average molecular weight is 520 g/mol. The summed E-state index contributed by atoms with van der Waals surface area (Å²) in [5, 5.41) is 4.56. The highest BCUT2D eigenvalue weighted by Gasteiger charge is 2.29. The molecule has 0 spiro atoms. The predicted octanol–water partition coefficient (Wildman–Crippen LogP) is 6.40. The number of nitrogens with one attached hydrogen (secondary N) is 1. The Morgan fingerprint density at radius 3 is 2.25 bits per heavy atom. The maximum atomic E-state index is 13.2. The highest BCUT2D eigenvalue weighted by Crippen LogP contribution is 2.28. The van der Waals surface area contributed by atoms with E-state index in [0.717, 1.165) is 12.8 Å². The van der Waals surface area contributed by atoms with Crippen molar-refractivity contribution in [3.8, 4) is 5.75 Å². The molecule has 5 nitrogen and oxygen atoms in total. The van der Waals surface area contributed by atoms with Crippen LogP contribution < -0.4 is 10.1 Å². The summed E-state index contributed by atoms with van der Waals surface area (Å²) < 4.78 is 5.63. The summed E-state index contributed by atoms with van der Waals surface area (Å²) in [6, 6.07) is 9.09. The first-order valence-corrected chi connectivity index (χ1v) is 11.9. The number of ether oxygens (including phenoxy) is 1. The topological polar surface area (TPSA) is 58.6 Å². The van der Waals surface area contributed by atoms with E-state index in [2.05, 4.69) is 5.32 Å². The van der Waals surface area contributed by atoms with Gasteiger partial charge in [-0.15, -0.1) is 0 Å². The van der Waals surface area contributed by atoms with Crippen molar-refractivity contribution in [2.24, 2.45) is 0 Å². The minimum absolute atomic E-state index is 0.131. The number of rotatable bonds is 11. The molecular formula is C23H26Cl4N2O3. The Balaban J connectivity index is 2.24. The number of unbranched alkanes of at least 4 members (excludes halogenated alkanes) is 1. The minimum atomic E-state index is -0.685. The number of carbonyl (C=O) groups excluding carboxylic acids is 2. The number of hydrogen-bond acceptors (Lipinski definition) is 3. The van der Waals surface area contributed by atoms with Gasteiger partial charge in [-0.1, -0.05) is 72.7 Å². The third-order valence-electron chi connectivity index (χ3n) is 4.82. The molecule has 0 radical (unpaired) electrons. The van der Waals surface area contributed by atoms with Gasteiger partial charge in [0.15, 0.2) is 6.61 Å². The van der Waals surface area contributed by atoms with E-state index in [9.17, 15) is 9.59 Å². The van der Waals surface area contributed by atoms with Crippen LogP contribution in [-0.2, 0) is 16.1 Å². The van der Waals surface area contributed by atoms with Crippen LogP contribution >= 0.6 is 46.4 Å². The molecule has 174 valence electrons. The summed E-state index contributed by atoms with van der Waals surface area (Å²) in [5.74, 6) is -0.266. The monoisotopic (exact) mass is 518 g/mol. The van der Waals surface area contributed by atoms with Crippen molar-refractivity contribution in [2.75, 3.05) is 13.2 Å². The minimum Gasteiger partial charge on any atom is -0.482 e. The summed E-state index contributed by atoms with van der Waals surface area (Å²) in [5.41, 5.74) is 0.675. The maximum Gasteiger partial charge on any atom is 0.261 e. The predicted molar refractivity (Wildman–Crippen MR) is 131 cm³/mol. The lowest BCUT2D eigenvalue weighted by Crippen LogP contribution is -2.50. The Hall–Kier alpha value is -1.66. The molecule has 0 fully saturated rings. The van der Waals surface area contributed by atoms with E-state index in [1.807, 2.05) is 13.8 Å². The van der Waals surface area contributed by atoms with Gasteiger partial charge in [0.25, 0.3) is 5.91 Å². The smallest absolute Gasteiger partial charge is 0.261 e. The van der Waals surface area contributed by atoms with E-state index >= 15 is 0 Å². The standard InChI is InChI=1S/C23H26Cl4N2O3/c1-3-5-10-28-23(31)20(4-2)29(13-15-6-7-16(24)11-18(15)26)22(30)14-32-21-9-8-17(25)12-19(21)27/h6-9,11-12,20H,3-5,10,13-14H2,1-2H3,(H,28,31)/t20-/m0/s1. The van der Waals surface area contributed by atoms with Crippen LogP contribution in [0.15, 0.2) is 36.4 Å². The van der Waals surface area contributed by atoms with Gasteiger partial charge < -0.3 is 15.0 Å². The molecule has 0 aliphatic heterocycles. The summed E-state index contributed by atoms with van der Waals surface area (Å²) in [6.07, 6.45) is 2.24. The molecule has 0 saturated heterocycles. The van der Waals surface area contributed by atoms with Crippen molar-refractivity contribution < 1.29 is 14.3 Å². The second-order valence-corrected chi connectivity index (χ2v) is 8.88. The first-order chi connectivity index (χ1) is 15.3. The van der Waals surface area contributed by atoms with Crippen molar-refractivity contribution in [2.45, 2.75) is 45.7 Å². The lowest BCUT2D eigenvalue weighted by molar-refractivity contribution is -0.143. The van der Waals surface area contributed by atoms with E-state index < -0.39 is 6.04 Å². The molecule has 0 bridgehead atoms. The molecule has 1 atom stereocenters. The molecule has 9 heteroatoms. The Morgan fingerprint density at radius 2 is 1.66 bits per heavy atom. The van der Waals surface area contributed by atoms with Crippen LogP contribution in [-0.4, -0.2) is 35.9 Å². The SMILES string of the molecule is CCCCNC(=O)[C@H](CC)N(Cc1ccc(Cl)cc1Cl)C(=O)COc1ccc(Cl)cc1Cl. The zero-order valence-corrected chi connectivity index (χ0v) is 21.0. The fraction of sp³-hybridized carbons (Fsp3) is 0.391. The summed E-state index contributed by atoms with van der Waals surface area (Å²) in [6.45, 7) is 4.27. The maximum absolute atomic E-state index is 13.2. The fourth-order valence-electron chi connectivity index (χ4n) is 3.07. The summed E-state index contributed by atoms with van der Waals surface area (Å²) in [4.78, 5) is 27.5. The van der Waals surface area contributed by atoms with Gasteiger partial charge >= 0.3 is 0 Å². The van der Waals surface area contributed by atoms with E-state index in [-0.39, 0.29) is 25.0 Å². The third-order valence-corrected chi connectivity index (χ3v) is 5.93. The fourth-order valence-corrected chi connectivity index (χ4v) is 4.01. The second-order valence-electron chi connectivity index (χ2n) is 7.19. The molecule has 2 aromatic rings. The van der Waals surface area contributed by atoms with Gasteiger partial charge in [-0.05, 0) is 48.7 Å². The van der Waals surface area contributed by atoms with Gasteiger partial charge in [0.1, 0.15) is 11.8 Å². The van der Waals surface area contributed by atoms with Crippen LogP contribution in [0, 0.1) is 0 Å². The van der Waals surface area contributed by atoms with Crippen molar-refractivity contribution in [3.63, 3.8) is 0 Å². The van der Waals surface area contributed by atoms with Crippen LogP contribution in [0.1, 0.15) is 38.7 Å². The molecule has 32 heavy (non-hydrogen) atoms.